The van der Waals surface area contributed by atoms with E-state index in [1.807, 2.05) is 6.07 Å². The predicted octanol–water partition coefficient (Wildman–Crippen LogP) is 6.32. The Hall–Kier alpha value is -4.47. The van der Waals surface area contributed by atoms with Crippen molar-refractivity contribution < 1.29 is 58.6 Å². The van der Waals surface area contributed by atoms with Crippen molar-refractivity contribution >= 4 is 41.2 Å². The molecule has 45 heavy (non-hydrogen) atoms. The molecule has 1 heterocycles. The fourth-order valence-electron chi connectivity index (χ4n) is 3.97. The number of rotatable bonds is 9. The fourth-order valence-corrected chi connectivity index (χ4v) is 4.17. The summed E-state index contributed by atoms with van der Waals surface area (Å²) in [7, 11) is 0.680. The van der Waals surface area contributed by atoms with Gasteiger partial charge in [0.1, 0.15) is 5.54 Å². The van der Waals surface area contributed by atoms with Crippen LogP contribution in [0.1, 0.15) is 41.4 Å². The first kappa shape index (κ1) is 35.0. The second kappa shape index (κ2) is 12.5. The zero-order valence-electron chi connectivity index (χ0n) is 22.8. The topological polar surface area (TPSA) is 136 Å². The number of carbonyl (C=O) groups excluding carboxylic acids is 2. The number of hydrogen-bond donors (Lipinski definition) is 1. The molecule has 0 bridgehead atoms. The number of allylic oxidation sites excluding steroid dienone is 1. The average Bonchev–Trinajstić information content (AvgIpc) is 3.66. The number of benzene rings is 1. The van der Waals surface area contributed by atoms with Gasteiger partial charge < -0.3 is 15.2 Å². The molecule has 244 valence electrons. The van der Waals surface area contributed by atoms with E-state index in [9.17, 15) is 54.4 Å². The zero-order chi connectivity index (χ0) is 34.1. The lowest BCUT2D eigenvalue weighted by atomic mass is 9.99. The highest BCUT2D eigenvalue weighted by atomic mass is 35.5. The molecule has 1 saturated carbocycles. The molecule has 1 aromatic carbocycles. The number of carbonyl (C=O) groups is 2. The third kappa shape index (κ3) is 6.50. The predicted molar refractivity (Wildman–Crippen MR) is 137 cm³/mol. The maximum Gasteiger partial charge on any atom is 0.437 e. The molecule has 2 aromatic rings. The molecule has 0 saturated heterocycles. The molecule has 0 aliphatic heterocycles. The number of nitriles is 1. The number of aryl methyl sites for hydroxylation is 1. The largest absolute Gasteiger partial charge is 0.449 e. The first-order chi connectivity index (χ1) is 20.8. The Morgan fingerprint density at radius 2 is 1.82 bits per heavy atom. The smallest absolute Gasteiger partial charge is 0.437 e. The minimum Gasteiger partial charge on any atom is -0.449 e. The van der Waals surface area contributed by atoms with Crippen LogP contribution >= 0.6 is 11.6 Å². The Balaban J connectivity index is 2.11. The molecule has 0 unspecified atom stereocenters. The molecule has 2 amide bonds. The van der Waals surface area contributed by atoms with Crippen LogP contribution in [0.3, 0.4) is 0 Å². The summed E-state index contributed by atoms with van der Waals surface area (Å²) in [4.78, 5) is 30.1. The third-order valence-corrected chi connectivity index (χ3v) is 6.67. The van der Waals surface area contributed by atoms with Crippen LogP contribution in [-0.4, -0.2) is 64.0 Å². The summed E-state index contributed by atoms with van der Waals surface area (Å²) in [5.41, 5.74) is -5.38. The van der Waals surface area contributed by atoms with Gasteiger partial charge >= 0.3 is 30.7 Å². The first-order valence-corrected chi connectivity index (χ1v) is 12.7. The van der Waals surface area contributed by atoms with Gasteiger partial charge in [-0.15, -0.1) is 0 Å². The van der Waals surface area contributed by atoms with E-state index in [0.717, 1.165) is 18.3 Å². The molecule has 1 aliphatic carbocycles. The van der Waals surface area contributed by atoms with Crippen molar-refractivity contribution in [3.8, 4) is 11.8 Å². The summed E-state index contributed by atoms with van der Waals surface area (Å²) < 4.78 is 130. The lowest BCUT2D eigenvalue weighted by Gasteiger charge is -2.28. The van der Waals surface area contributed by atoms with Crippen LogP contribution in [0.15, 0.2) is 29.4 Å². The van der Waals surface area contributed by atoms with Crippen LogP contribution in [0, 0.1) is 11.3 Å². The molecule has 0 spiro atoms. The Morgan fingerprint density at radius 1 is 1.22 bits per heavy atom. The number of hydrogen-bond acceptors (Lipinski definition) is 8. The van der Waals surface area contributed by atoms with E-state index in [1.165, 1.54) is 13.0 Å². The van der Waals surface area contributed by atoms with Gasteiger partial charge in [0.15, 0.2) is 17.3 Å². The number of imide groups is 1. The molecule has 0 radical (unpaired) electrons. The van der Waals surface area contributed by atoms with Gasteiger partial charge in [0.2, 0.25) is 0 Å². The monoisotopic (exact) mass is 674 g/mol. The average molecular weight is 675 g/mol. The summed E-state index contributed by atoms with van der Waals surface area (Å²) in [6, 6.07) is 5.30. The Morgan fingerprint density at radius 3 is 2.29 bits per heavy atom. The Labute approximate surface area is 252 Å². The van der Waals surface area contributed by atoms with Crippen LogP contribution in [0.2, 0.25) is 5.02 Å². The maximum absolute atomic E-state index is 14.8. The van der Waals surface area contributed by atoms with Crippen molar-refractivity contribution in [2.75, 3.05) is 6.61 Å². The van der Waals surface area contributed by atoms with Crippen LogP contribution in [-0.2, 0) is 17.5 Å². The Kier molecular flexibility index (Phi) is 9.72. The summed E-state index contributed by atoms with van der Waals surface area (Å²) in [5.74, 6) is -4.24. The highest BCUT2D eigenvalue weighted by Crippen LogP contribution is 2.56. The van der Waals surface area contributed by atoms with Crippen molar-refractivity contribution in [2.45, 2.75) is 49.9 Å². The van der Waals surface area contributed by atoms with E-state index in [2.05, 4.69) is 14.8 Å². The number of aliphatic imine (C=N–C) groups is 1. The highest BCUT2D eigenvalue weighted by Gasteiger charge is 2.76. The molecule has 1 aliphatic rings. The number of aromatic nitrogens is 2. The van der Waals surface area contributed by atoms with E-state index in [1.54, 1.807) is 0 Å². The summed E-state index contributed by atoms with van der Waals surface area (Å²) >= 11 is 6.18. The van der Waals surface area contributed by atoms with E-state index in [4.69, 9.17) is 22.1 Å². The second-order valence-corrected chi connectivity index (χ2v) is 9.62. The quantitative estimate of drug-likeness (QED) is 0.243. The number of amides is 2. The summed E-state index contributed by atoms with van der Waals surface area (Å²) in [6.45, 7) is -2.72. The van der Waals surface area contributed by atoms with Gasteiger partial charge in [0.25, 0.3) is 5.91 Å². The molecule has 2 N–H and O–H groups in total. The number of alkyl halides is 9. The standard InChI is InChI=1S/C25H20ClF9N6O4/c1-3-44-21(43)41(22(11-37)6-7-22)19(42)14-8-12(4-5-15(14)26)13(9-36)10-38-18-16(45-20(27)28)17(39-40(18)2)23(29,24(30,31)32)25(33,34)35/h4-5,8-10,20H,3,6-7,36H2,1-2H3. The van der Waals surface area contributed by atoms with Crippen molar-refractivity contribution in [1.29, 1.82) is 5.26 Å². The molecule has 1 fully saturated rings. The number of nitrogens with two attached hydrogens (primary N) is 1. The number of ether oxygens (including phenoxy) is 2. The van der Waals surface area contributed by atoms with Gasteiger partial charge in [-0.05, 0) is 37.5 Å². The van der Waals surface area contributed by atoms with Crippen molar-refractivity contribution in [2.24, 2.45) is 17.8 Å². The molecular formula is C25H20ClF9N6O4. The molecule has 0 atom stereocenters. The lowest BCUT2D eigenvalue weighted by molar-refractivity contribution is -0.350. The van der Waals surface area contributed by atoms with Crippen molar-refractivity contribution in [3.63, 3.8) is 0 Å². The van der Waals surface area contributed by atoms with Crippen LogP contribution in [0.25, 0.3) is 5.57 Å². The summed E-state index contributed by atoms with van der Waals surface area (Å²) in [6.07, 6.45) is -12.8. The molecule has 10 nitrogen and oxygen atoms in total. The lowest BCUT2D eigenvalue weighted by Crippen LogP contribution is -2.51. The zero-order valence-corrected chi connectivity index (χ0v) is 23.6. The van der Waals surface area contributed by atoms with E-state index < -0.39 is 59.4 Å². The molecular weight excluding hydrogens is 655 g/mol. The normalized spacial score (nSPS) is 15.2. The van der Waals surface area contributed by atoms with Crippen LogP contribution in [0.5, 0.6) is 5.75 Å². The van der Waals surface area contributed by atoms with Crippen molar-refractivity contribution in [3.05, 3.63) is 46.2 Å². The SMILES string of the molecule is CCOC(=O)N(C(=O)c1cc(C(C=Nc2c(OC(F)F)c(C(F)(C(F)(F)F)C(F)(F)F)nn2C)=CN)ccc1Cl)C1(C#N)CC1. The fraction of sp³-hybridized carbons (Fsp3) is 0.400. The third-order valence-electron chi connectivity index (χ3n) is 6.34. The van der Waals surface area contributed by atoms with Gasteiger partial charge in [0, 0.05) is 25.0 Å². The molecule has 1 aromatic heterocycles. The van der Waals surface area contributed by atoms with Gasteiger partial charge in [-0.25, -0.2) is 23.8 Å². The van der Waals surface area contributed by atoms with E-state index in [-0.39, 0.29) is 45.9 Å². The number of halogens is 10. The highest BCUT2D eigenvalue weighted by molar-refractivity contribution is 6.34. The summed E-state index contributed by atoms with van der Waals surface area (Å²) in [5, 5.41) is 12.2. The van der Waals surface area contributed by atoms with E-state index in [0.29, 0.717) is 18.2 Å². The maximum atomic E-state index is 14.8. The van der Waals surface area contributed by atoms with E-state index >= 15 is 0 Å². The first-order valence-electron chi connectivity index (χ1n) is 12.3. The van der Waals surface area contributed by atoms with Gasteiger partial charge in [-0.1, -0.05) is 17.7 Å². The molecule has 20 heteroatoms. The second-order valence-electron chi connectivity index (χ2n) is 9.22. The van der Waals surface area contributed by atoms with Crippen LogP contribution in [0.4, 0.5) is 50.1 Å². The number of nitrogens with zero attached hydrogens (tertiary/aromatic N) is 5. The minimum absolute atomic E-state index is 0.0521. The van der Waals surface area contributed by atoms with Crippen LogP contribution < -0.4 is 10.5 Å². The minimum atomic E-state index is -6.71. The van der Waals surface area contributed by atoms with Crippen molar-refractivity contribution in [1.82, 2.24) is 14.7 Å². The molecule has 3 rings (SSSR count). The van der Waals surface area contributed by atoms with Gasteiger partial charge in [-0.2, -0.15) is 45.5 Å². The Bertz CT molecular complexity index is 1560. The van der Waals surface area contributed by atoms with Gasteiger partial charge in [0.05, 0.1) is 23.3 Å². The van der Waals surface area contributed by atoms with Gasteiger partial charge in [-0.3, -0.25) is 4.79 Å².